The molecule has 0 unspecified atom stereocenters. The maximum absolute atomic E-state index is 12.3. The Morgan fingerprint density at radius 2 is 2.00 bits per heavy atom. The minimum Gasteiger partial charge on any atom is -0.444 e. The van der Waals surface area contributed by atoms with E-state index in [-0.39, 0.29) is 12.0 Å². The van der Waals surface area contributed by atoms with Crippen LogP contribution < -0.4 is 5.32 Å². The van der Waals surface area contributed by atoms with Crippen LogP contribution in [0.1, 0.15) is 40.5 Å². The van der Waals surface area contributed by atoms with E-state index in [0.29, 0.717) is 13.1 Å². The lowest BCUT2D eigenvalue weighted by atomic mass is 9.91. The van der Waals surface area contributed by atoms with Crippen LogP contribution in [0.25, 0.3) is 0 Å². The van der Waals surface area contributed by atoms with Gasteiger partial charge in [-0.25, -0.2) is 4.79 Å². The van der Waals surface area contributed by atoms with Gasteiger partial charge in [-0.05, 0) is 46.5 Å². The molecule has 2 N–H and O–H groups in total. The van der Waals surface area contributed by atoms with Crippen LogP contribution in [0, 0.1) is 5.92 Å². The molecule has 1 rings (SSSR count). The van der Waals surface area contributed by atoms with E-state index >= 15 is 0 Å². The fraction of sp³-hybridized carbons (Fsp3) is 0.933. The van der Waals surface area contributed by atoms with Crippen molar-refractivity contribution in [2.75, 3.05) is 19.6 Å². The van der Waals surface area contributed by atoms with Gasteiger partial charge in [-0.2, -0.15) is 13.2 Å². The summed E-state index contributed by atoms with van der Waals surface area (Å²) in [5.74, 6) is 0.0247. The Kier molecular flexibility index (Phi) is 6.70. The number of aliphatic hydroxyl groups is 1. The molecule has 1 aliphatic heterocycles. The van der Waals surface area contributed by atoms with Gasteiger partial charge in [-0.3, -0.25) is 0 Å². The lowest BCUT2D eigenvalue weighted by Gasteiger charge is -2.37. The average Bonchev–Trinajstić information content (AvgIpc) is 2.41. The van der Waals surface area contributed by atoms with E-state index in [1.54, 1.807) is 32.6 Å². The van der Waals surface area contributed by atoms with E-state index in [4.69, 9.17) is 9.84 Å². The summed E-state index contributed by atoms with van der Waals surface area (Å²) in [6.45, 7) is 7.60. The Bertz CT molecular complexity index is 396. The fourth-order valence-corrected chi connectivity index (χ4v) is 2.49. The van der Waals surface area contributed by atoms with Gasteiger partial charge in [0.1, 0.15) is 5.60 Å². The molecule has 1 fully saturated rings. The Labute approximate surface area is 135 Å². The second-order valence-corrected chi connectivity index (χ2v) is 7.08. The molecule has 0 aromatic heterocycles. The number of carbonyl (C=O) groups is 1. The molecule has 1 aliphatic rings. The lowest BCUT2D eigenvalue weighted by Crippen LogP contribution is -2.50. The highest BCUT2D eigenvalue weighted by molar-refractivity contribution is 5.68. The molecule has 0 radical (unpaired) electrons. The predicted molar refractivity (Wildman–Crippen MR) is 80.1 cm³/mol. The molecular weight excluding hydrogens is 313 g/mol. The number of piperidine rings is 1. The molecule has 0 saturated carbocycles. The van der Waals surface area contributed by atoms with Gasteiger partial charge < -0.3 is 20.1 Å². The van der Waals surface area contributed by atoms with Crippen LogP contribution in [0.5, 0.6) is 0 Å². The molecule has 0 aromatic rings. The van der Waals surface area contributed by atoms with Crippen LogP contribution in [0.15, 0.2) is 0 Å². The Morgan fingerprint density at radius 1 is 1.39 bits per heavy atom. The number of amides is 1. The Hall–Kier alpha value is -1.02. The quantitative estimate of drug-likeness (QED) is 0.826. The number of hydrogen-bond donors (Lipinski definition) is 2. The third-order valence-corrected chi connectivity index (χ3v) is 3.83. The van der Waals surface area contributed by atoms with Gasteiger partial charge in [-0.15, -0.1) is 0 Å². The molecule has 0 aromatic carbocycles. The normalized spacial score (nSPS) is 22.6. The van der Waals surface area contributed by atoms with Crippen molar-refractivity contribution in [1.29, 1.82) is 0 Å². The lowest BCUT2D eigenvalue weighted by molar-refractivity contribution is -0.202. The topological polar surface area (TPSA) is 61.8 Å². The number of aliphatic hydroxyl groups excluding tert-OH is 1. The number of likely N-dealkylation sites (tertiary alicyclic amines) is 1. The summed E-state index contributed by atoms with van der Waals surface area (Å²) in [6.07, 6.45) is -5.81. The van der Waals surface area contributed by atoms with Crippen molar-refractivity contribution in [2.24, 2.45) is 5.92 Å². The highest BCUT2D eigenvalue weighted by Gasteiger charge is 2.38. The SMILES string of the molecule is C[C@H](NC[C@H](O)C(F)(F)F)[C@H]1CCCN(C(=O)OC(C)(C)C)C1. The molecule has 0 bridgehead atoms. The van der Waals surface area contributed by atoms with Crippen molar-refractivity contribution in [3.63, 3.8) is 0 Å². The number of halogens is 3. The first kappa shape index (κ1) is 20.0. The monoisotopic (exact) mass is 340 g/mol. The van der Waals surface area contributed by atoms with E-state index in [0.717, 1.165) is 12.8 Å². The third kappa shape index (κ3) is 6.95. The van der Waals surface area contributed by atoms with E-state index in [2.05, 4.69) is 5.32 Å². The van der Waals surface area contributed by atoms with Crippen LogP contribution in [0.3, 0.4) is 0 Å². The zero-order valence-electron chi connectivity index (χ0n) is 14.1. The first-order valence-electron chi connectivity index (χ1n) is 7.86. The molecule has 1 heterocycles. The van der Waals surface area contributed by atoms with Crippen molar-refractivity contribution >= 4 is 6.09 Å². The van der Waals surface area contributed by atoms with Gasteiger partial charge in [0.2, 0.25) is 0 Å². The van der Waals surface area contributed by atoms with Gasteiger partial charge in [0.05, 0.1) is 0 Å². The summed E-state index contributed by atoms with van der Waals surface area (Å²) < 4.78 is 42.2. The molecular formula is C15H27F3N2O3. The van der Waals surface area contributed by atoms with Crippen LogP contribution in [0.2, 0.25) is 0 Å². The van der Waals surface area contributed by atoms with Crippen molar-refractivity contribution in [2.45, 2.75) is 64.5 Å². The van der Waals surface area contributed by atoms with Gasteiger partial charge >= 0.3 is 12.3 Å². The maximum atomic E-state index is 12.3. The van der Waals surface area contributed by atoms with Crippen LogP contribution >= 0.6 is 0 Å². The van der Waals surface area contributed by atoms with Gasteiger partial charge in [-0.1, -0.05) is 0 Å². The largest absolute Gasteiger partial charge is 0.444 e. The highest BCUT2D eigenvalue weighted by atomic mass is 19.4. The van der Waals surface area contributed by atoms with Gasteiger partial charge in [0, 0.05) is 25.7 Å². The minimum absolute atomic E-state index is 0.0247. The molecule has 0 aliphatic carbocycles. The van der Waals surface area contributed by atoms with Crippen LogP contribution in [-0.4, -0.2) is 59.7 Å². The maximum Gasteiger partial charge on any atom is 0.415 e. The van der Waals surface area contributed by atoms with E-state index in [1.807, 2.05) is 0 Å². The van der Waals surface area contributed by atoms with Gasteiger partial charge in [0.25, 0.3) is 0 Å². The number of alkyl halides is 3. The standard InChI is InChI=1S/C15H27F3N2O3/c1-10(19-8-12(21)15(16,17)18)11-6-5-7-20(9-11)13(22)23-14(2,3)4/h10-12,19,21H,5-9H2,1-4H3/t10-,11-,12-/m0/s1. The predicted octanol–water partition coefficient (Wildman–Crippen LogP) is 2.53. The first-order chi connectivity index (χ1) is 10.4. The number of nitrogens with zero attached hydrogens (tertiary/aromatic N) is 1. The number of nitrogens with one attached hydrogen (secondary N) is 1. The Morgan fingerprint density at radius 3 is 2.52 bits per heavy atom. The Balaban J connectivity index is 2.49. The van der Waals surface area contributed by atoms with E-state index in [9.17, 15) is 18.0 Å². The number of hydrogen-bond acceptors (Lipinski definition) is 4. The minimum atomic E-state index is -4.62. The van der Waals surface area contributed by atoms with Crippen LogP contribution in [-0.2, 0) is 4.74 Å². The second kappa shape index (κ2) is 7.70. The molecule has 8 heteroatoms. The molecule has 5 nitrogen and oxygen atoms in total. The summed E-state index contributed by atoms with van der Waals surface area (Å²) in [4.78, 5) is 13.7. The van der Waals surface area contributed by atoms with Crippen molar-refractivity contribution < 1.29 is 27.8 Å². The molecule has 3 atom stereocenters. The zero-order valence-corrected chi connectivity index (χ0v) is 14.1. The molecule has 23 heavy (non-hydrogen) atoms. The molecule has 1 amide bonds. The van der Waals surface area contributed by atoms with Crippen molar-refractivity contribution in [1.82, 2.24) is 10.2 Å². The summed E-state index contributed by atoms with van der Waals surface area (Å²) in [5.41, 5.74) is -0.579. The van der Waals surface area contributed by atoms with Gasteiger partial charge in [0.15, 0.2) is 6.10 Å². The van der Waals surface area contributed by atoms with Crippen molar-refractivity contribution in [3.05, 3.63) is 0 Å². The van der Waals surface area contributed by atoms with E-state index in [1.165, 1.54) is 0 Å². The third-order valence-electron chi connectivity index (χ3n) is 3.83. The molecule has 136 valence electrons. The number of rotatable bonds is 4. The smallest absolute Gasteiger partial charge is 0.415 e. The summed E-state index contributed by atoms with van der Waals surface area (Å²) in [6, 6.07) is -0.239. The number of ether oxygens (including phenoxy) is 1. The van der Waals surface area contributed by atoms with Crippen molar-refractivity contribution in [3.8, 4) is 0 Å². The number of carbonyl (C=O) groups excluding carboxylic acids is 1. The fourth-order valence-electron chi connectivity index (χ4n) is 2.49. The average molecular weight is 340 g/mol. The zero-order chi connectivity index (χ0) is 17.8. The van der Waals surface area contributed by atoms with Crippen LogP contribution in [0.4, 0.5) is 18.0 Å². The highest BCUT2D eigenvalue weighted by Crippen LogP contribution is 2.23. The first-order valence-corrected chi connectivity index (χ1v) is 7.86. The summed E-state index contributed by atoms with van der Waals surface area (Å²) in [7, 11) is 0. The summed E-state index contributed by atoms with van der Waals surface area (Å²) >= 11 is 0. The van der Waals surface area contributed by atoms with E-state index < -0.39 is 30.5 Å². The molecule has 0 spiro atoms. The summed E-state index contributed by atoms with van der Waals surface area (Å²) in [5, 5.41) is 11.7. The molecule has 1 saturated heterocycles. The second-order valence-electron chi connectivity index (χ2n) is 7.08.